The Labute approximate surface area is 127 Å². The second-order valence-corrected chi connectivity index (χ2v) is 4.47. The van der Waals surface area contributed by atoms with E-state index in [0.29, 0.717) is 5.92 Å². The summed E-state index contributed by atoms with van der Waals surface area (Å²) in [6.45, 7) is 11.4. The zero-order chi connectivity index (χ0) is 16.0. The summed E-state index contributed by atoms with van der Waals surface area (Å²) in [6, 6.07) is 8.44. The van der Waals surface area contributed by atoms with Gasteiger partial charge in [0.1, 0.15) is 5.75 Å². The van der Waals surface area contributed by atoms with Crippen molar-refractivity contribution in [3.63, 3.8) is 0 Å². The van der Waals surface area contributed by atoms with Crippen molar-refractivity contribution < 1.29 is 4.74 Å². The Hall–Kier alpha value is -1.02. The van der Waals surface area contributed by atoms with Gasteiger partial charge in [-0.3, -0.25) is 0 Å². The summed E-state index contributed by atoms with van der Waals surface area (Å²) in [5.74, 6) is 1.60. The van der Waals surface area contributed by atoms with Gasteiger partial charge in [-0.05, 0) is 57.1 Å². The minimum atomic E-state index is 0.637. The smallest absolute Gasteiger partial charge is 0.119 e. The fourth-order valence-electron chi connectivity index (χ4n) is 1.92. The van der Waals surface area contributed by atoms with E-state index >= 15 is 0 Å². The third-order valence-electron chi connectivity index (χ3n) is 2.98. The molecule has 0 fully saturated rings. The molecule has 0 saturated carbocycles. The SMILES string of the molecule is CC.CC.CCC(CCN(C)C)c1cccc(OC)c1. The lowest BCUT2D eigenvalue weighted by atomic mass is 9.93. The highest BCUT2D eigenvalue weighted by atomic mass is 16.5. The standard InChI is InChI=1S/C14H23NO.2C2H6/c1-5-12(9-10-15(2)3)13-7-6-8-14(11-13)16-4;2*1-2/h6-8,11-12H,5,9-10H2,1-4H3;2*1-2H3. The molecule has 0 spiro atoms. The summed E-state index contributed by atoms with van der Waals surface area (Å²) in [5, 5.41) is 0. The third-order valence-corrected chi connectivity index (χ3v) is 2.98. The van der Waals surface area contributed by atoms with Crippen molar-refractivity contribution in [2.75, 3.05) is 27.7 Å². The molecule has 0 N–H and O–H groups in total. The molecule has 0 amide bonds. The van der Waals surface area contributed by atoms with Crippen molar-refractivity contribution >= 4 is 0 Å². The number of benzene rings is 1. The Balaban J connectivity index is 0. The fourth-order valence-corrected chi connectivity index (χ4v) is 1.92. The summed E-state index contributed by atoms with van der Waals surface area (Å²) in [4.78, 5) is 2.24. The number of ether oxygens (including phenoxy) is 1. The van der Waals surface area contributed by atoms with Gasteiger partial charge < -0.3 is 9.64 Å². The predicted molar refractivity (Wildman–Crippen MR) is 91.9 cm³/mol. The number of hydrogen-bond donors (Lipinski definition) is 0. The molecule has 0 aliphatic rings. The quantitative estimate of drug-likeness (QED) is 0.711. The van der Waals surface area contributed by atoms with E-state index in [1.54, 1.807) is 7.11 Å². The lowest BCUT2D eigenvalue weighted by Crippen LogP contribution is -2.15. The highest BCUT2D eigenvalue weighted by Crippen LogP contribution is 2.26. The fraction of sp³-hybridized carbons (Fsp3) is 0.667. The largest absolute Gasteiger partial charge is 0.497 e. The number of hydrogen-bond acceptors (Lipinski definition) is 2. The molecule has 1 atom stereocenters. The summed E-state index contributed by atoms with van der Waals surface area (Å²) in [6.07, 6.45) is 2.39. The van der Waals surface area contributed by atoms with Crippen LogP contribution in [0.5, 0.6) is 5.75 Å². The van der Waals surface area contributed by atoms with Crippen molar-refractivity contribution in [3.05, 3.63) is 29.8 Å². The minimum absolute atomic E-state index is 0.637. The molecule has 1 aromatic rings. The van der Waals surface area contributed by atoms with Crippen LogP contribution >= 0.6 is 0 Å². The molecule has 118 valence electrons. The normalized spacial score (nSPS) is 10.8. The summed E-state index contributed by atoms with van der Waals surface area (Å²) >= 11 is 0. The van der Waals surface area contributed by atoms with Crippen LogP contribution in [-0.4, -0.2) is 32.6 Å². The molecule has 0 aromatic heterocycles. The van der Waals surface area contributed by atoms with Crippen molar-refractivity contribution in [2.45, 2.75) is 53.4 Å². The topological polar surface area (TPSA) is 12.5 Å². The molecule has 1 rings (SSSR count). The predicted octanol–water partition coefficient (Wildman–Crippen LogP) is 5.19. The number of methoxy groups -OCH3 is 1. The average Bonchev–Trinajstić information content (AvgIpc) is 2.52. The average molecular weight is 281 g/mol. The van der Waals surface area contributed by atoms with E-state index in [0.717, 1.165) is 12.3 Å². The zero-order valence-corrected chi connectivity index (χ0v) is 14.9. The van der Waals surface area contributed by atoms with Crippen LogP contribution < -0.4 is 4.74 Å². The Morgan fingerprint density at radius 1 is 1.10 bits per heavy atom. The first kappa shape index (κ1) is 21.3. The molecule has 20 heavy (non-hydrogen) atoms. The lowest BCUT2D eigenvalue weighted by Gasteiger charge is -2.18. The molecule has 0 aliphatic heterocycles. The highest BCUT2D eigenvalue weighted by Gasteiger charge is 2.10. The van der Waals surface area contributed by atoms with Gasteiger partial charge in [0.15, 0.2) is 0 Å². The molecule has 0 aliphatic carbocycles. The second-order valence-electron chi connectivity index (χ2n) is 4.47. The van der Waals surface area contributed by atoms with Crippen molar-refractivity contribution in [1.29, 1.82) is 0 Å². The molecule has 1 unspecified atom stereocenters. The van der Waals surface area contributed by atoms with Gasteiger partial charge in [-0.1, -0.05) is 46.8 Å². The van der Waals surface area contributed by atoms with Crippen molar-refractivity contribution in [1.82, 2.24) is 4.90 Å². The number of rotatable bonds is 6. The monoisotopic (exact) mass is 281 g/mol. The van der Waals surface area contributed by atoms with Gasteiger partial charge in [0.05, 0.1) is 7.11 Å². The number of nitrogens with zero attached hydrogens (tertiary/aromatic N) is 1. The van der Waals surface area contributed by atoms with Crippen LogP contribution in [0.3, 0.4) is 0 Å². The summed E-state index contributed by atoms with van der Waals surface area (Å²) in [7, 11) is 5.97. The van der Waals surface area contributed by atoms with Crippen LogP contribution in [0.25, 0.3) is 0 Å². The van der Waals surface area contributed by atoms with E-state index in [9.17, 15) is 0 Å². The third kappa shape index (κ3) is 8.98. The van der Waals surface area contributed by atoms with Gasteiger partial charge in [0.2, 0.25) is 0 Å². The molecule has 0 heterocycles. The first-order chi connectivity index (χ1) is 9.67. The van der Waals surface area contributed by atoms with Crippen LogP contribution in [0, 0.1) is 0 Å². The van der Waals surface area contributed by atoms with E-state index in [-0.39, 0.29) is 0 Å². The van der Waals surface area contributed by atoms with Gasteiger partial charge in [-0.2, -0.15) is 0 Å². The van der Waals surface area contributed by atoms with Crippen LogP contribution in [0.15, 0.2) is 24.3 Å². The molecule has 0 saturated heterocycles. The minimum Gasteiger partial charge on any atom is -0.497 e. The Morgan fingerprint density at radius 2 is 1.70 bits per heavy atom. The van der Waals surface area contributed by atoms with E-state index in [1.165, 1.54) is 18.4 Å². The first-order valence-corrected chi connectivity index (χ1v) is 7.96. The van der Waals surface area contributed by atoms with E-state index in [2.05, 4.69) is 44.1 Å². The molecule has 2 heteroatoms. The van der Waals surface area contributed by atoms with E-state index in [4.69, 9.17) is 4.74 Å². The van der Waals surface area contributed by atoms with Crippen LogP contribution in [0.1, 0.15) is 58.9 Å². The van der Waals surface area contributed by atoms with Gasteiger partial charge in [-0.25, -0.2) is 0 Å². The maximum Gasteiger partial charge on any atom is 0.119 e. The molecule has 1 aromatic carbocycles. The van der Waals surface area contributed by atoms with E-state index < -0.39 is 0 Å². The summed E-state index contributed by atoms with van der Waals surface area (Å²) < 4.78 is 5.26. The highest BCUT2D eigenvalue weighted by molar-refractivity contribution is 5.30. The van der Waals surface area contributed by atoms with Gasteiger partial charge in [0.25, 0.3) is 0 Å². The van der Waals surface area contributed by atoms with Gasteiger partial charge in [-0.15, -0.1) is 0 Å². The van der Waals surface area contributed by atoms with Crippen LogP contribution in [0.4, 0.5) is 0 Å². The second kappa shape index (κ2) is 14.4. The molecule has 2 nitrogen and oxygen atoms in total. The Kier molecular flexibility index (Phi) is 15.3. The maximum absolute atomic E-state index is 5.26. The molecular weight excluding hydrogens is 246 g/mol. The lowest BCUT2D eigenvalue weighted by molar-refractivity contribution is 0.377. The van der Waals surface area contributed by atoms with Crippen LogP contribution in [0.2, 0.25) is 0 Å². The zero-order valence-electron chi connectivity index (χ0n) is 14.9. The van der Waals surface area contributed by atoms with Crippen molar-refractivity contribution in [2.24, 2.45) is 0 Å². The van der Waals surface area contributed by atoms with E-state index in [1.807, 2.05) is 33.8 Å². The molecule has 0 radical (unpaired) electrons. The Morgan fingerprint density at radius 3 is 2.15 bits per heavy atom. The van der Waals surface area contributed by atoms with Gasteiger partial charge in [0, 0.05) is 0 Å². The van der Waals surface area contributed by atoms with Crippen molar-refractivity contribution in [3.8, 4) is 5.75 Å². The summed E-state index contributed by atoms with van der Waals surface area (Å²) in [5.41, 5.74) is 1.39. The van der Waals surface area contributed by atoms with Crippen LogP contribution in [-0.2, 0) is 0 Å². The molecular formula is C18H35NO. The Bertz CT molecular complexity index is 310. The first-order valence-electron chi connectivity index (χ1n) is 7.96. The molecule has 0 bridgehead atoms. The van der Waals surface area contributed by atoms with Gasteiger partial charge >= 0.3 is 0 Å². The maximum atomic E-state index is 5.26.